The van der Waals surface area contributed by atoms with Crippen LogP contribution in [0.4, 0.5) is 0 Å². The monoisotopic (exact) mass is 173 g/mol. The van der Waals surface area contributed by atoms with Gasteiger partial charge in [-0.15, -0.1) is 0 Å². The molecule has 0 bridgehead atoms. The zero-order chi connectivity index (χ0) is 8.85. The maximum Gasteiger partial charge on any atom is 0.225 e. The standard InChI is InChI=1S/C5H6ClN3.C2H6/c1-3-7-4(2)9-5(6)8-3;1-2/h1-2H3;1-2H3. The van der Waals surface area contributed by atoms with Crippen molar-refractivity contribution >= 4 is 11.6 Å². The molecule has 0 atom stereocenters. The summed E-state index contributed by atoms with van der Waals surface area (Å²) in [6.07, 6.45) is 0. The van der Waals surface area contributed by atoms with Crippen molar-refractivity contribution in [3.05, 3.63) is 16.9 Å². The van der Waals surface area contributed by atoms with Crippen molar-refractivity contribution in [1.82, 2.24) is 15.0 Å². The van der Waals surface area contributed by atoms with E-state index in [4.69, 9.17) is 11.6 Å². The van der Waals surface area contributed by atoms with E-state index in [2.05, 4.69) is 15.0 Å². The van der Waals surface area contributed by atoms with Crippen LogP contribution in [-0.2, 0) is 0 Å². The lowest BCUT2D eigenvalue weighted by Gasteiger charge is -1.92. The van der Waals surface area contributed by atoms with E-state index in [1.165, 1.54) is 0 Å². The highest BCUT2D eigenvalue weighted by Crippen LogP contribution is 1.98. The lowest BCUT2D eigenvalue weighted by atomic mass is 10.6. The van der Waals surface area contributed by atoms with E-state index < -0.39 is 0 Å². The Kier molecular flexibility index (Phi) is 4.70. The largest absolute Gasteiger partial charge is 0.225 e. The molecule has 0 radical (unpaired) electrons. The van der Waals surface area contributed by atoms with Crippen LogP contribution in [0.2, 0.25) is 5.28 Å². The molecule has 0 N–H and O–H groups in total. The molecule has 0 spiro atoms. The smallest absolute Gasteiger partial charge is 0.219 e. The fourth-order valence-corrected chi connectivity index (χ4v) is 0.821. The Morgan fingerprint density at radius 3 is 1.55 bits per heavy atom. The minimum Gasteiger partial charge on any atom is -0.219 e. The molecule has 11 heavy (non-hydrogen) atoms. The molecule has 3 nitrogen and oxygen atoms in total. The second-order valence-corrected chi connectivity index (χ2v) is 2.04. The second kappa shape index (κ2) is 5.02. The van der Waals surface area contributed by atoms with Crippen LogP contribution in [0.1, 0.15) is 25.5 Å². The predicted molar refractivity (Wildman–Crippen MR) is 45.7 cm³/mol. The molecule has 1 rings (SSSR count). The van der Waals surface area contributed by atoms with E-state index in [1.54, 1.807) is 13.8 Å². The lowest BCUT2D eigenvalue weighted by molar-refractivity contribution is 0.920. The third kappa shape index (κ3) is 3.88. The number of hydrogen-bond acceptors (Lipinski definition) is 3. The van der Waals surface area contributed by atoms with Gasteiger partial charge in [-0.05, 0) is 25.4 Å². The summed E-state index contributed by atoms with van der Waals surface area (Å²) in [5, 5.41) is 0.264. The van der Waals surface area contributed by atoms with Crippen LogP contribution in [0.15, 0.2) is 0 Å². The Morgan fingerprint density at radius 1 is 0.909 bits per heavy atom. The summed E-state index contributed by atoms with van der Waals surface area (Å²) in [5.74, 6) is 1.32. The van der Waals surface area contributed by atoms with E-state index in [-0.39, 0.29) is 5.28 Å². The Morgan fingerprint density at radius 2 is 1.27 bits per heavy atom. The van der Waals surface area contributed by atoms with Gasteiger partial charge in [0.2, 0.25) is 5.28 Å². The number of halogens is 1. The molecule has 0 fully saturated rings. The molecule has 1 aromatic heterocycles. The third-order valence-corrected chi connectivity index (χ3v) is 1.00. The predicted octanol–water partition coefficient (Wildman–Crippen LogP) is 2.17. The van der Waals surface area contributed by atoms with Crippen molar-refractivity contribution in [3.63, 3.8) is 0 Å². The molecule has 4 heteroatoms. The molecule has 0 aliphatic heterocycles. The number of aromatic nitrogens is 3. The summed E-state index contributed by atoms with van der Waals surface area (Å²) in [6.45, 7) is 7.56. The first-order chi connectivity index (χ1) is 5.18. The molecular formula is C7H12ClN3. The maximum absolute atomic E-state index is 5.49. The SMILES string of the molecule is CC.Cc1nc(C)nc(Cl)n1. The topological polar surface area (TPSA) is 38.7 Å². The molecule has 0 aliphatic carbocycles. The average molecular weight is 174 g/mol. The summed E-state index contributed by atoms with van der Waals surface area (Å²) in [4.78, 5) is 11.5. The van der Waals surface area contributed by atoms with Crippen LogP contribution in [0.5, 0.6) is 0 Å². The maximum atomic E-state index is 5.49. The summed E-state index contributed by atoms with van der Waals surface area (Å²) in [6, 6.07) is 0. The Hall–Kier alpha value is -0.700. The molecule has 1 heterocycles. The first-order valence-electron chi connectivity index (χ1n) is 3.53. The van der Waals surface area contributed by atoms with Crippen molar-refractivity contribution < 1.29 is 0 Å². The Labute approximate surface area is 71.9 Å². The Bertz CT molecular complexity index is 174. The van der Waals surface area contributed by atoms with Crippen LogP contribution in [0, 0.1) is 13.8 Å². The van der Waals surface area contributed by atoms with Gasteiger partial charge in [0.25, 0.3) is 0 Å². The molecule has 0 aromatic carbocycles. The molecule has 0 unspecified atom stereocenters. The van der Waals surface area contributed by atoms with Gasteiger partial charge in [0.05, 0.1) is 0 Å². The van der Waals surface area contributed by atoms with Crippen LogP contribution in [0.25, 0.3) is 0 Å². The summed E-state index contributed by atoms with van der Waals surface area (Å²) in [7, 11) is 0. The highest BCUT2D eigenvalue weighted by Gasteiger charge is 1.93. The van der Waals surface area contributed by atoms with Gasteiger partial charge >= 0.3 is 0 Å². The fourth-order valence-electron chi connectivity index (χ4n) is 0.576. The second-order valence-electron chi connectivity index (χ2n) is 1.70. The van der Waals surface area contributed by atoms with Crippen molar-refractivity contribution in [2.45, 2.75) is 27.7 Å². The van der Waals surface area contributed by atoms with Crippen molar-refractivity contribution in [1.29, 1.82) is 0 Å². The van der Waals surface area contributed by atoms with Gasteiger partial charge < -0.3 is 0 Å². The first kappa shape index (κ1) is 10.3. The van der Waals surface area contributed by atoms with Crippen LogP contribution < -0.4 is 0 Å². The van der Waals surface area contributed by atoms with Crippen LogP contribution in [0.3, 0.4) is 0 Å². The van der Waals surface area contributed by atoms with Crippen molar-refractivity contribution in [2.24, 2.45) is 0 Å². The third-order valence-electron chi connectivity index (χ3n) is 0.832. The average Bonchev–Trinajstić information content (AvgIpc) is 1.88. The van der Waals surface area contributed by atoms with E-state index in [9.17, 15) is 0 Å². The Balaban J connectivity index is 0.000000461. The molecule has 0 saturated carbocycles. The molecule has 0 saturated heterocycles. The van der Waals surface area contributed by atoms with Crippen LogP contribution >= 0.6 is 11.6 Å². The van der Waals surface area contributed by atoms with E-state index in [0.29, 0.717) is 11.6 Å². The van der Waals surface area contributed by atoms with Gasteiger partial charge in [0.1, 0.15) is 11.6 Å². The van der Waals surface area contributed by atoms with Gasteiger partial charge in [-0.25, -0.2) is 15.0 Å². The summed E-state index contributed by atoms with van der Waals surface area (Å²) >= 11 is 5.49. The zero-order valence-corrected chi connectivity index (χ0v) is 7.98. The molecule has 62 valence electrons. The number of rotatable bonds is 0. The van der Waals surface area contributed by atoms with Crippen molar-refractivity contribution in [2.75, 3.05) is 0 Å². The van der Waals surface area contributed by atoms with Gasteiger partial charge in [-0.1, -0.05) is 13.8 Å². The number of aryl methyl sites for hydroxylation is 2. The first-order valence-corrected chi connectivity index (χ1v) is 3.91. The van der Waals surface area contributed by atoms with E-state index in [0.717, 1.165) is 0 Å². The lowest BCUT2D eigenvalue weighted by Crippen LogP contribution is -1.94. The quantitative estimate of drug-likeness (QED) is 0.604. The molecule has 0 amide bonds. The van der Waals surface area contributed by atoms with E-state index >= 15 is 0 Å². The molecule has 0 aliphatic rings. The minimum absolute atomic E-state index is 0.264. The molecular weight excluding hydrogens is 162 g/mol. The summed E-state index contributed by atoms with van der Waals surface area (Å²) in [5.41, 5.74) is 0. The number of hydrogen-bond donors (Lipinski definition) is 0. The van der Waals surface area contributed by atoms with Gasteiger partial charge in [-0.3, -0.25) is 0 Å². The highest BCUT2D eigenvalue weighted by molar-refractivity contribution is 6.28. The van der Waals surface area contributed by atoms with Gasteiger partial charge in [-0.2, -0.15) is 0 Å². The van der Waals surface area contributed by atoms with Gasteiger partial charge in [0, 0.05) is 0 Å². The zero-order valence-electron chi connectivity index (χ0n) is 7.22. The van der Waals surface area contributed by atoms with E-state index in [1.807, 2.05) is 13.8 Å². The highest BCUT2D eigenvalue weighted by atomic mass is 35.5. The fraction of sp³-hybridized carbons (Fsp3) is 0.571. The number of nitrogens with zero attached hydrogens (tertiary/aromatic N) is 3. The molecule has 1 aromatic rings. The summed E-state index contributed by atoms with van der Waals surface area (Å²) < 4.78 is 0. The van der Waals surface area contributed by atoms with Crippen molar-refractivity contribution in [3.8, 4) is 0 Å². The normalized spacial score (nSPS) is 8.45. The van der Waals surface area contributed by atoms with Gasteiger partial charge in [0.15, 0.2) is 0 Å². The van der Waals surface area contributed by atoms with Crippen LogP contribution in [-0.4, -0.2) is 15.0 Å². The minimum atomic E-state index is 0.264.